The van der Waals surface area contributed by atoms with E-state index >= 15 is 0 Å². The van der Waals surface area contributed by atoms with Crippen molar-refractivity contribution in [1.82, 2.24) is 28.9 Å². The predicted molar refractivity (Wildman–Crippen MR) is 115 cm³/mol. The minimum atomic E-state index is -0.565. The molecule has 0 radical (unpaired) electrons. The number of nitrogens with zero attached hydrogens (tertiary/aromatic N) is 5. The Morgan fingerprint density at radius 3 is 2.43 bits per heavy atom. The maximum absolute atomic E-state index is 12.8. The van der Waals surface area contributed by atoms with Crippen molar-refractivity contribution in [3.8, 4) is 0 Å². The van der Waals surface area contributed by atoms with Gasteiger partial charge in [-0.1, -0.05) is 44.2 Å². The number of amides is 1. The molecule has 1 N–H and O–H groups in total. The predicted octanol–water partition coefficient (Wildman–Crippen LogP) is 0.633. The summed E-state index contributed by atoms with van der Waals surface area (Å²) >= 11 is 0. The lowest BCUT2D eigenvalue weighted by atomic mass is 10.1. The number of benzene rings is 1. The Morgan fingerprint density at radius 2 is 1.80 bits per heavy atom. The van der Waals surface area contributed by atoms with Crippen LogP contribution in [-0.4, -0.2) is 49.1 Å². The van der Waals surface area contributed by atoms with Crippen LogP contribution in [0.4, 0.5) is 0 Å². The van der Waals surface area contributed by atoms with Crippen LogP contribution in [0, 0.1) is 0 Å². The Hall–Kier alpha value is -3.20. The number of rotatable bonds is 8. The maximum atomic E-state index is 12.8. The average Bonchev–Trinajstić information content (AvgIpc) is 3.15. The summed E-state index contributed by atoms with van der Waals surface area (Å²) in [5, 5.41) is 2.90. The van der Waals surface area contributed by atoms with Gasteiger partial charge in [0.2, 0.25) is 5.91 Å². The third-order valence-electron chi connectivity index (χ3n) is 5.43. The Kier molecular flexibility index (Phi) is 6.51. The Balaban J connectivity index is 1.82. The second-order valence-electron chi connectivity index (χ2n) is 7.21. The molecule has 30 heavy (non-hydrogen) atoms. The normalized spacial score (nSPS) is 12.4. The topological polar surface area (TPSA) is 94.2 Å². The lowest BCUT2D eigenvalue weighted by molar-refractivity contribution is -0.122. The van der Waals surface area contributed by atoms with E-state index < -0.39 is 11.2 Å². The molecule has 0 saturated carbocycles. The largest absolute Gasteiger partial charge is 0.353 e. The molecule has 0 aliphatic heterocycles. The van der Waals surface area contributed by atoms with E-state index in [2.05, 4.69) is 29.0 Å². The summed E-state index contributed by atoms with van der Waals surface area (Å²) < 4.78 is 3.79. The monoisotopic (exact) mass is 412 g/mol. The van der Waals surface area contributed by atoms with Crippen molar-refractivity contribution in [1.29, 1.82) is 0 Å². The highest BCUT2D eigenvalue weighted by Crippen LogP contribution is 2.19. The van der Waals surface area contributed by atoms with Crippen LogP contribution in [0.5, 0.6) is 0 Å². The fourth-order valence-electron chi connectivity index (χ4n) is 3.74. The molecule has 3 aromatic rings. The van der Waals surface area contributed by atoms with E-state index in [9.17, 15) is 14.4 Å². The second kappa shape index (κ2) is 9.08. The van der Waals surface area contributed by atoms with Gasteiger partial charge in [-0.2, -0.15) is 0 Å². The molecule has 0 spiro atoms. The number of nitrogens with one attached hydrogen (secondary N) is 1. The molecule has 1 amide bonds. The molecule has 0 saturated heterocycles. The first-order valence-electron chi connectivity index (χ1n) is 10.1. The summed E-state index contributed by atoms with van der Waals surface area (Å²) in [6.45, 7) is 5.87. The van der Waals surface area contributed by atoms with Crippen LogP contribution < -0.4 is 16.6 Å². The lowest BCUT2D eigenvalue weighted by Crippen LogP contribution is -2.45. The van der Waals surface area contributed by atoms with Gasteiger partial charge in [-0.25, -0.2) is 14.3 Å². The zero-order valence-electron chi connectivity index (χ0n) is 17.8. The van der Waals surface area contributed by atoms with Crippen LogP contribution in [0.2, 0.25) is 0 Å². The molecule has 2 aromatic heterocycles. The van der Waals surface area contributed by atoms with E-state index in [1.54, 1.807) is 11.6 Å². The molecule has 160 valence electrons. The minimum absolute atomic E-state index is 0.00394. The summed E-state index contributed by atoms with van der Waals surface area (Å²) in [5.41, 5.74) is 0.604. The van der Waals surface area contributed by atoms with Crippen LogP contribution in [0.25, 0.3) is 11.2 Å². The number of aryl methyl sites for hydroxylation is 2. The fraction of sp³-hybridized carbons (Fsp3) is 0.429. The number of likely N-dealkylation sites (N-methyl/N-ethyl adjacent to an activating group) is 1. The fourth-order valence-corrected chi connectivity index (χ4v) is 3.74. The van der Waals surface area contributed by atoms with Gasteiger partial charge in [-0.15, -0.1) is 0 Å². The molecular formula is C21H28N6O3. The summed E-state index contributed by atoms with van der Waals surface area (Å²) in [5.74, 6) is -0.385. The standard InChI is InChI=1S/C21H28N6O3/c1-5-26(6-2)16(15-10-8-7-9-11-15)12-22-17(28)13-27-20(29)18-19(23-14-24(18)3)25(4)21(27)30/h7-11,14,16H,5-6,12-13H2,1-4H3,(H,22,28). The van der Waals surface area contributed by atoms with Crippen molar-refractivity contribution in [3.63, 3.8) is 0 Å². The number of hydrogen-bond acceptors (Lipinski definition) is 5. The van der Waals surface area contributed by atoms with E-state index in [1.165, 1.54) is 17.9 Å². The van der Waals surface area contributed by atoms with Crippen molar-refractivity contribution < 1.29 is 4.79 Å². The first kappa shape index (κ1) is 21.5. The zero-order chi connectivity index (χ0) is 21.8. The molecule has 2 heterocycles. The van der Waals surface area contributed by atoms with Crippen LogP contribution >= 0.6 is 0 Å². The molecule has 0 aliphatic rings. The lowest BCUT2D eigenvalue weighted by Gasteiger charge is -2.30. The zero-order valence-corrected chi connectivity index (χ0v) is 17.8. The highest BCUT2D eigenvalue weighted by Gasteiger charge is 2.20. The number of imidazole rings is 1. The third-order valence-corrected chi connectivity index (χ3v) is 5.43. The third kappa shape index (κ3) is 4.06. The Bertz CT molecular complexity index is 1140. The number of carbonyl (C=O) groups excluding carboxylic acids is 1. The van der Waals surface area contributed by atoms with Gasteiger partial charge in [0.05, 0.1) is 12.4 Å². The first-order valence-corrected chi connectivity index (χ1v) is 10.1. The highest BCUT2D eigenvalue weighted by atomic mass is 16.2. The molecule has 3 rings (SSSR count). The molecule has 1 atom stereocenters. The average molecular weight is 412 g/mol. The van der Waals surface area contributed by atoms with Gasteiger partial charge in [-0.3, -0.25) is 19.1 Å². The number of carbonyl (C=O) groups is 1. The van der Waals surface area contributed by atoms with Gasteiger partial charge in [0, 0.05) is 20.6 Å². The van der Waals surface area contributed by atoms with E-state index in [0.29, 0.717) is 12.2 Å². The van der Waals surface area contributed by atoms with Crippen molar-refractivity contribution in [2.45, 2.75) is 26.4 Å². The quantitative estimate of drug-likeness (QED) is 0.586. The van der Waals surface area contributed by atoms with Crippen molar-refractivity contribution >= 4 is 17.1 Å². The molecule has 0 fully saturated rings. The molecule has 9 heteroatoms. The van der Waals surface area contributed by atoms with Gasteiger partial charge in [0.25, 0.3) is 5.56 Å². The number of hydrogen-bond donors (Lipinski definition) is 1. The van der Waals surface area contributed by atoms with Crippen LogP contribution in [0.3, 0.4) is 0 Å². The summed E-state index contributed by atoms with van der Waals surface area (Å²) in [6.07, 6.45) is 1.48. The van der Waals surface area contributed by atoms with E-state index in [0.717, 1.165) is 23.2 Å². The maximum Gasteiger partial charge on any atom is 0.332 e. The van der Waals surface area contributed by atoms with Gasteiger partial charge < -0.3 is 9.88 Å². The molecular weight excluding hydrogens is 384 g/mol. The second-order valence-corrected chi connectivity index (χ2v) is 7.21. The van der Waals surface area contributed by atoms with Gasteiger partial charge in [0.1, 0.15) is 6.54 Å². The first-order chi connectivity index (χ1) is 14.4. The SMILES string of the molecule is CCN(CC)C(CNC(=O)Cn1c(=O)c2c(ncn2C)n(C)c1=O)c1ccccc1. The molecule has 1 unspecified atom stereocenters. The molecule has 0 aliphatic carbocycles. The van der Waals surface area contributed by atoms with Crippen LogP contribution in [-0.2, 0) is 25.4 Å². The Morgan fingerprint density at radius 1 is 1.13 bits per heavy atom. The summed E-state index contributed by atoms with van der Waals surface area (Å²) in [4.78, 5) is 44.4. The summed E-state index contributed by atoms with van der Waals surface area (Å²) in [7, 11) is 3.22. The Labute approximate surface area is 174 Å². The smallest absolute Gasteiger partial charge is 0.332 e. The van der Waals surface area contributed by atoms with Crippen molar-refractivity contribution in [2.24, 2.45) is 14.1 Å². The summed E-state index contributed by atoms with van der Waals surface area (Å²) in [6, 6.07) is 9.97. The van der Waals surface area contributed by atoms with Crippen LogP contribution in [0.1, 0.15) is 25.5 Å². The molecule has 0 bridgehead atoms. The molecule has 1 aromatic carbocycles. The van der Waals surface area contributed by atoms with Gasteiger partial charge in [0.15, 0.2) is 11.2 Å². The van der Waals surface area contributed by atoms with Crippen molar-refractivity contribution in [3.05, 3.63) is 63.1 Å². The highest BCUT2D eigenvalue weighted by molar-refractivity contribution is 5.76. The number of fused-ring (bicyclic) bond motifs is 1. The van der Waals surface area contributed by atoms with Crippen LogP contribution in [0.15, 0.2) is 46.2 Å². The van der Waals surface area contributed by atoms with E-state index in [-0.39, 0.29) is 24.0 Å². The minimum Gasteiger partial charge on any atom is -0.353 e. The van der Waals surface area contributed by atoms with Gasteiger partial charge >= 0.3 is 5.69 Å². The van der Waals surface area contributed by atoms with E-state index in [1.807, 2.05) is 30.3 Å². The number of aromatic nitrogens is 4. The van der Waals surface area contributed by atoms with Gasteiger partial charge in [-0.05, 0) is 18.7 Å². The molecule has 9 nitrogen and oxygen atoms in total. The van der Waals surface area contributed by atoms with Crippen molar-refractivity contribution in [2.75, 3.05) is 19.6 Å². The van der Waals surface area contributed by atoms with E-state index in [4.69, 9.17) is 0 Å².